The molecule has 124 valence electrons. The van der Waals surface area contributed by atoms with Crippen molar-refractivity contribution in [2.24, 2.45) is 5.16 Å². The van der Waals surface area contributed by atoms with E-state index in [1.54, 1.807) is 19.2 Å². The van der Waals surface area contributed by atoms with Crippen LogP contribution in [-0.4, -0.2) is 24.8 Å². The van der Waals surface area contributed by atoms with Crippen LogP contribution in [0.3, 0.4) is 0 Å². The Balaban J connectivity index is 1.53. The SMILES string of the molecule is COc1ccc(C2=NO[C@@H](C(=O)NCc3ccc(F)cc3)C2)cc1. The number of methoxy groups -OCH3 is 1. The number of benzene rings is 2. The summed E-state index contributed by atoms with van der Waals surface area (Å²) in [4.78, 5) is 17.4. The summed E-state index contributed by atoms with van der Waals surface area (Å²) in [6, 6.07) is 13.4. The van der Waals surface area contributed by atoms with Crippen molar-refractivity contribution in [3.8, 4) is 5.75 Å². The molecule has 1 atom stereocenters. The summed E-state index contributed by atoms with van der Waals surface area (Å²) in [7, 11) is 1.60. The third kappa shape index (κ3) is 3.71. The predicted octanol–water partition coefficient (Wildman–Crippen LogP) is 2.64. The van der Waals surface area contributed by atoms with Gasteiger partial charge in [0.05, 0.1) is 12.8 Å². The first-order valence-electron chi connectivity index (χ1n) is 7.55. The topological polar surface area (TPSA) is 59.9 Å². The molecule has 0 bridgehead atoms. The van der Waals surface area contributed by atoms with Crippen LogP contribution in [0.15, 0.2) is 53.7 Å². The average molecular weight is 328 g/mol. The number of nitrogens with zero attached hydrogens (tertiary/aromatic N) is 1. The fourth-order valence-corrected chi connectivity index (χ4v) is 2.38. The Labute approximate surface area is 139 Å². The summed E-state index contributed by atoms with van der Waals surface area (Å²) in [5, 5.41) is 6.77. The normalized spacial score (nSPS) is 16.2. The van der Waals surface area contributed by atoms with Crippen LogP contribution in [0.2, 0.25) is 0 Å². The molecule has 0 saturated heterocycles. The molecule has 5 nitrogen and oxygen atoms in total. The standard InChI is InChI=1S/C18H17FN2O3/c1-23-15-8-4-13(5-9-15)16-10-17(24-21-16)18(22)20-11-12-2-6-14(19)7-3-12/h2-9,17H,10-11H2,1H3,(H,20,22)/t17-/m1/s1. The summed E-state index contributed by atoms with van der Waals surface area (Å²) < 4.78 is 18.0. The van der Waals surface area contributed by atoms with Crippen molar-refractivity contribution in [2.75, 3.05) is 7.11 Å². The maximum atomic E-state index is 12.9. The zero-order valence-electron chi connectivity index (χ0n) is 13.2. The van der Waals surface area contributed by atoms with Crippen LogP contribution < -0.4 is 10.1 Å². The van der Waals surface area contributed by atoms with Gasteiger partial charge in [-0.15, -0.1) is 0 Å². The summed E-state index contributed by atoms with van der Waals surface area (Å²) >= 11 is 0. The lowest BCUT2D eigenvalue weighted by molar-refractivity contribution is -0.131. The molecule has 6 heteroatoms. The Morgan fingerprint density at radius 1 is 1.25 bits per heavy atom. The smallest absolute Gasteiger partial charge is 0.264 e. The highest BCUT2D eigenvalue weighted by atomic mass is 19.1. The highest BCUT2D eigenvalue weighted by Gasteiger charge is 2.28. The van der Waals surface area contributed by atoms with Gasteiger partial charge >= 0.3 is 0 Å². The predicted molar refractivity (Wildman–Crippen MR) is 87.3 cm³/mol. The van der Waals surface area contributed by atoms with E-state index in [2.05, 4.69) is 10.5 Å². The molecule has 0 saturated carbocycles. The van der Waals surface area contributed by atoms with Gasteiger partial charge in [-0.25, -0.2) is 4.39 Å². The molecule has 0 unspecified atom stereocenters. The minimum atomic E-state index is -0.650. The fourth-order valence-electron chi connectivity index (χ4n) is 2.38. The van der Waals surface area contributed by atoms with Gasteiger partial charge in [0.15, 0.2) is 0 Å². The number of halogens is 1. The zero-order valence-corrected chi connectivity index (χ0v) is 13.2. The third-order valence-electron chi connectivity index (χ3n) is 3.76. The lowest BCUT2D eigenvalue weighted by atomic mass is 10.0. The minimum Gasteiger partial charge on any atom is -0.497 e. The van der Waals surface area contributed by atoms with Gasteiger partial charge in [0, 0.05) is 13.0 Å². The Hall–Kier alpha value is -2.89. The van der Waals surface area contributed by atoms with Crippen LogP contribution in [0.4, 0.5) is 4.39 Å². The first-order chi connectivity index (χ1) is 11.7. The molecule has 0 radical (unpaired) electrons. The van der Waals surface area contributed by atoms with E-state index in [0.29, 0.717) is 13.0 Å². The van der Waals surface area contributed by atoms with Gasteiger partial charge in [-0.3, -0.25) is 4.79 Å². The van der Waals surface area contributed by atoms with Crippen molar-refractivity contribution < 1.29 is 18.8 Å². The zero-order chi connectivity index (χ0) is 16.9. The second kappa shape index (κ2) is 7.12. The Bertz CT molecular complexity index is 742. The Kier molecular flexibility index (Phi) is 4.74. The van der Waals surface area contributed by atoms with Gasteiger partial charge in [0.2, 0.25) is 6.10 Å². The number of carbonyl (C=O) groups is 1. The quantitative estimate of drug-likeness (QED) is 0.918. The number of hydrogen-bond donors (Lipinski definition) is 1. The lowest BCUT2D eigenvalue weighted by Crippen LogP contribution is -2.34. The fraction of sp³-hybridized carbons (Fsp3) is 0.222. The van der Waals surface area contributed by atoms with Crippen molar-refractivity contribution >= 4 is 11.6 Å². The van der Waals surface area contributed by atoms with E-state index in [9.17, 15) is 9.18 Å². The molecule has 2 aromatic carbocycles. The van der Waals surface area contributed by atoms with Crippen molar-refractivity contribution in [1.82, 2.24) is 5.32 Å². The van der Waals surface area contributed by atoms with Crippen LogP contribution in [0.25, 0.3) is 0 Å². The molecule has 0 spiro atoms. The van der Waals surface area contributed by atoms with Crippen LogP contribution in [-0.2, 0) is 16.2 Å². The van der Waals surface area contributed by atoms with Crippen molar-refractivity contribution in [1.29, 1.82) is 0 Å². The monoisotopic (exact) mass is 328 g/mol. The number of amides is 1. The molecule has 1 N–H and O–H groups in total. The number of hydrogen-bond acceptors (Lipinski definition) is 4. The molecule has 1 heterocycles. The van der Waals surface area contributed by atoms with Crippen molar-refractivity contribution in [3.05, 3.63) is 65.5 Å². The van der Waals surface area contributed by atoms with Crippen molar-refractivity contribution in [3.63, 3.8) is 0 Å². The molecule has 2 aromatic rings. The summed E-state index contributed by atoms with van der Waals surface area (Å²) in [5.41, 5.74) is 2.43. The maximum absolute atomic E-state index is 12.9. The van der Waals surface area contributed by atoms with Crippen LogP contribution in [0.1, 0.15) is 17.5 Å². The summed E-state index contributed by atoms with van der Waals surface area (Å²) in [5.74, 6) is 0.208. The van der Waals surface area contributed by atoms with Gasteiger partial charge in [0.1, 0.15) is 11.6 Å². The van der Waals surface area contributed by atoms with E-state index in [-0.39, 0.29) is 11.7 Å². The van der Waals surface area contributed by atoms with Gasteiger partial charge in [-0.1, -0.05) is 17.3 Å². The highest BCUT2D eigenvalue weighted by Crippen LogP contribution is 2.19. The average Bonchev–Trinajstić information content (AvgIpc) is 3.11. The third-order valence-corrected chi connectivity index (χ3v) is 3.76. The second-order valence-corrected chi connectivity index (χ2v) is 5.41. The molecule has 1 aliphatic rings. The molecule has 1 amide bonds. The minimum absolute atomic E-state index is 0.244. The van der Waals surface area contributed by atoms with Gasteiger partial charge in [0.25, 0.3) is 5.91 Å². The van der Waals surface area contributed by atoms with Crippen LogP contribution >= 0.6 is 0 Å². The molecule has 0 aromatic heterocycles. The van der Waals surface area contributed by atoms with Gasteiger partial charge < -0.3 is 14.9 Å². The highest BCUT2D eigenvalue weighted by molar-refractivity contribution is 6.04. The molecule has 24 heavy (non-hydrogen) atoms. The number of rotatable bonds is 5. The lowest BCUT2D eigenvalue weighted by Gasteiger charge is -2.09. The van der Waals surface area contributed by atoms with Gasteiger partial charge in [-0.05, 0) is 47.5 Å². The van der Waals surface area contributed by atoms with E-state index in [1.807, 2.05) is 24.3 Å². The second-order valence-electron chi connectivity index (χ2n) is 5.41. The van der Waals surface area contributed by atoms with E-state index in [4.69, 9.17) is 9.57 Å². The van der Waals surface area contributed by atoms with E-state index in [0.717, 1.165) is 22.6 Å². The number of oxime groups is 1. The van der Waals surface area contributed by atoms with Crippen molar-refractivity contribution in [2.45, 2.75) is 19.1 Å². The molecule has 1 aliphatic heterocycles. The van der Waals surface area contributed by atoms with Crippen LogP contribution in [0, 0.1) is 5.82 Å². The Morgan fingerprint density at radius 2 is 1.96 bits per heavy atom. The van der Waals surface area contributed by atoms with E-state index in [1.165, 1.54) is 12.1 Å². The van der Waals surface area contributed by atoms with Gasteiger partial charge in [-0.2, -0.15) is 0 Å². The molecule has 0 aliphatic carbocycles. The van der Waals surface area contributed by atoms with Crippen LogP contribution in [0.5, 0.6) is 5.75 Å². The first kappa shape index (κ1) is 16.0. The van der Waals surface area contributed by atoms with E-state index >= 15 is 0 Å². The molecular weight excluding hydrogens is 311 g/mol. The molecule has 3 rings (SSSR count). The largest absolute Gasteiger partial charge is 0.497 e. The Morgan fingerprint density at radius 3 is 2.62 bits per heavy atom. The maximum Gasteiger partial charge on any atom is 0.264 e. The number of ether oxygens (including phenoxy) is 1. The number of nitrogens with one attached hydrogen (secondary N) is 1. The van der Waals surface area contributed by atoms with E-state index < -0.39 is 6.10 Å². The first-order valence-corrected chi connectivity index (χ1v) is 7.55. The summed E-state index contributed by atoms with van der Waals surface area (Å²) in [6.45, 7) is 0.316. The molecule has 0 fully saturated rings. The molecular formula is C18H17FN2O3. The number of carbonyl (C=O) groups excluding carboxylic acids is 1. The summed E-state index contributed by atoms with van der Waals surface area (Å²) in [6.07, 6.45) is -0.246.